The second-order valence-electron chi connectivity index (χ2n) is 8.55. The molecule has 6 heteroatoms. The monoisotopic (exact) mass is 373 g/mol. The fourth-order valence-corrected chi connectivity index (χ4v) is 5.52. The lowest BCUT2D eigenvalue weighted by molar-refractivity contribution is -0.144. The highest BCUT2D eigenvalue weighted by atomic mass is 16.3. The Morgan fingerprint density at radius 2 is 2.04 bits per heavy atom. The van der Waals surface area contributed by atoms with Crippen molar-refractivity contribution in [3.05, 3.63) is 23.7 Å². The zero-order valence-corrected chi connectivity index (χ0v) is 16.7. The summed E-state index contributed by atoms with van der Waals surface area (Å²) in [6.07, 6.45) is 6.10. The van der Waals surface area contributed by atoms with Crippen LogP contribution in [0.5, 0.6) is 0 Å². The maximum atomic E-state index is 13.7. The maximum Gasteiger partial charge on any atom is 0.290 e. The molecule has 3 fully saturated rings. The number of fused-ring (bicyclic) bond motifs is 2. The molecule has 2 amide bonds. The number of furan rings is 1. The maximum absolute atomic E-state index is 13.7. The number of amides is 2. The van der Waals surface area contributed by atoms with Crippen LogP contribution in [0.2, 0.25) is 0 Å². The number of hydrogen-bond donors (Lipinski definition) is 0. The predicted octanol–water partition coefficient (Wildman–Crippen LogP) is 2.53. The Hall–Kier alpha value is -1.82. The molecular weight excluding hydrogens is 342 g/mol. The third-order valence-electron chi connectivity index (χ3n) is 7.09. The van der Waals surface area contributed by atoms with Gasteiger partial charge < -0.3 is 19.1 Å². The van der Waals surface area contributed by atoms with Crippen LogP contribution in [0.1, 0.15) is 55.1 Å². The minimum absolute atomic E-state index is 0.00187. The molecule has 3 saturated heterocycles. The summed E-state index contributed by atoms with van der Waals surface area (Å²) in [6.45, 7) is 7.60. The molecule has 4 heterocycles. The molecule has 0 N–H and O–H groups in total. The van der Waals surface area contributed by atoms with Gasteiger partial charge in [0.15, 0.2) is 5.76 Å². The van der Waals surface area contributed by atoms with Gasteiger partial charge in [-0.2, -0.15) is 0 Å². The first-order valence-electron chi connectivity index (χ1n) is 10.3. The molecule has 4 rings (SSSR count). The normalized spacial score (nSPS) is 31.4. The van der Waals surface area contributed by atoms with Gasteiger partial charge in [0.2, 0.25) is 5.91 Å². The standard InChI is InChI=1S/C21H31N3O3/c1-4-21(20(26)23-10-5-9-22(3)11-12-23)14-16-6-7-17(21)24(16)19(25)18-15(2)8-13-27-18/h8,13,16-17H,4-7,9-12,14H2,1-3H3/t16-,17+,21+/m0/s1. The average molecular weight is 373 g/mol. The number of aryl methyl sites for hydroxylation is 1. The Kier molecular flexibility index (Phi) is 4.78. The number of hydrogen-bond acceptors (Lipinski definition) is 4. The van der Waals surface area contributed by atoms with Crippen molar-refractivity contribution in [1.29, 1.82) is 0 Å². The van der Waals surface area contributed by atoms with Crippen LogP contribution in [-0.4, -0.2) is 71.8 Å². The molecule has 0 aliphatic carbocycles. The Balaban J connectivity index is 1.59. The van der Waals surface area contributed by atoms with Crippen molar-refractivity contribution in [3.8, 4) is 0 Å². The summed E-state index contributed by atoms with van der Waals surface area (Å²) >= 11 is 0. The molecule has 0 aromatic carbocycles. The van der Waals surface area contributed by atoms with Crippen molar-refractivity contribution in [2.24, 2.45) is 5.41 Å². The molecule has 0 unspecified atom stereocenters. The van der Waals surface area contributed by atoms with E-state index in [2.05, 4.69) is 23.8 Å². The van der Waals surface area contributed by atoms with E-state index in [4.69, 9.17) is 4.42 Å². The quantitative estimate of drug-likeness (QED) is 0.817. The molecular formula is C21H31N3O3. The third-order valence-corrected chi connectivity index (χ3v) is 7.09. The number of nitrogens with zero attached hydrogens (tertiary/aromatic N) is 3. The molecule has 1 aromatic rings. The SMILES string of the molecule is CC[C@@]1(C(=O)N2CCCN(C)CC2)C[C@@H]2CC[C@H]1N2C(=O)c1occc1C. The van der Waals surface area contributed by atoms with Crippen molar-refractivity contribution in [3.63, 3.8) is 0 Å². The largest absolute Gasteiger partial charge is 0.459 e. The van der Waals surface area contributed by atoms with Crippen LogP contribution in [0.25, 0.3) is 0 Å². The van der Waals surface area contributed by atoms with Crippen molar-refractivity contribution < 1.29 is 14.0 Å². The number of carbonyl (C=O) groups excluding carboxylic acids is 2. The van der Waals surface area contributed by atoms with Gasteiger partial charge in [-0.1, -0.05) is 6.92 Å². The lowest BCUT2D eigenvalue weighted by Gasteiger charge is -2.39. The van der Waals surface area contributed by atoms with Gasteiger partial charge in [-0.15, -0.1) is 0 Å². The summed E-state index contributed by atoms with van der Waals surface area (Å²) in [7, 11) is 2.12. The Morgan fingerprint density at radius 3 is 2.74 bits per heavy atom. The summed E-state index contributed by atoms with van der Waals surface area (Å²) in [5.74, 6) is 0.660. The molecule has 2 bridgehead atoms. The van der Waals surface area contributed by atoms with E-state index in [1.54, 1.807) is 6.26 Å². The fourth-order valence-electron chi connectivity index (χ4n) is 5.52. The lowest BCUT2D eigenvalue weighted by atomic mass is 9.70. The Bertz CT molecular complexity index is 730. The molecule has 0 radical (unpaired) electrons. The summed E-state index contributed by atoms with van der Waals surface area (Å²) in [5.41, 5.74) is 0.442. The van der Waals surface area contributed by atoms with E-state index in [1.165, 1.54) is 0 Å². The first kappa shape index (κ1) is 18.5. The van der Waals surface area contributed by atoms with Gasteiger partial charge in [0.1, 0.15) is 0 Å². The van der Waals surface area contributed by atoms with Gasteiger partial charge in [0.25, 0.3) is 5.91 Å². The van der Waals surface area contributed by atoms with Crippen molar-refractivity contribution >= 4 is 11.8 Å². The van der Waals surface area contributed by atoms with Crippen LogP contribution < -0.4 is 0 Å². The molecule has 148 valence electrons. The molecule has 3 aliphatic heterocycles. The second kappa shape index (κ2) is 6.97. The van der Waals surface area contributed by atoms with E-state index >= 15 is 0 Å². The number of rotatable bonds is 3. The molecule has 0 spiro atoms. The fraction of sp³-hybridized carbons (Fsp3) is 0.714. The van der Waals surface area contributed by atoms with Crippen molar-refractivity contribution in [1.82, 2.24) is 14.7 Å². The third kappa shape index (κ3) is 2.89. The van der Waals surface area contributed by atoms with Gasteiger partial charge in [0.05, 0.1) is 11.7 Å². The van der Waals surface area contributed by atoms with Gasteiger partial charge in [-0.05, 0) is 58.7 Å². The molecule has 6 nitrogen and oxygen atoms in total. The van der Waals surface area contributed by atoms with Crippen LogP contribution in [0.3, 0.4) is 0 Å². The van der Waals surface area contributed by atoms with Gasteiger partial charge in [0, 0.05) is 37.3 Å². The van der Waals surface area contributed by atoms with E-state index < -0.39 is 5.41 Å². The zero-order valence-electron chi connectivity index (χ0n) is 16.7. The lowest BCUT2D eigenvalue weighted by Crippen LogP contribution is -2.51. The highest BCUT2D eigenvalue weighted by Crippen LogP contribution is 2.53. The van der Waals surface area contributed by atoms with Crippen molar-refractivity contribution in [2.45, 2.75) is 58.0 Å². The van der Waals surface area contributed by atoms with E-state index in [1.807, 2.05) is 17.9 Å². The molecule has 0 saturated carbocycles. The molecule has 1 aromatic heterocycles. The summed E-state index contributed by atoms with van der Waals surface area (Å²) in [5, 5.41) is 0. The Morgan fingerprint density at radius 1 is 1.22 bits per heavy atom. The van der Waals surface area contributed by atoms with E-state index in [9.17, 15) is 9.59 Å². The van der Waals surface area contributed by atoms with Crippen molar-refractivity contribution in [2.75, 3.05) is 33.2 Å². The minimum Gasteiger partial charge on any atom is -0.459 e. The molecule has 27 heavy (non-hydrogen) atoms. The first-order chi connectivity index (χ1) is 13.0. The van der Waals surface area contributed by atoms with E-state index in [0.717, 1.165) is 63.8 Å². The highest BCUT2D eigenvalue weighted by Gasteiger charge is 2.61. The van der Waals surface area contributed by atoms with Gasteiger partial charge in [-0.3, -0.25) is 9.59 Å². The van der Waals surface area contributed by atoms with Crippen LogP contribution in [0, 0.1) is 12.3 Å². The summed E-state index contributed by atoms with van der Waals surface area (Å²) in [4.78, 5) is 33.2. The van der Waals surface area contributed by atoms with Crippen LogP contribution >= 0.6 is 0 Å². The highest BCUT2D eigenvalue weighted by molar-refractivity contribution is 5.95. The zero-order chi connectivity index (χ0) is 19.2. The average Bonchev–Trinajstić information content (AvgIpc) is 3.32. The van der Waals surface area contributed by atoms with Crippen LogP contribution in [-0.2, 0) is 4.79 Å². The first-order valence-corrected chi connectivity index (χ1v) is 10.3. The minimum atomic E-state index is -0.429. The second-order valence-corrected chi connectivity index (χ2v) is 8.55. The number of carbonyl (C=O) groups is 2. The molecule has 3 atom stereocenters. The Labute approximate surface area is 161 Å². The summed E-state index contributed by atoms with van der Waals surface area (Å²) < 4.78 is 5.48. The summed E-state index contributed by atoms with van der Waals surface area (Å²) in [6, 6.07) is 1.99. The topological polar surface area (TPSA) is 57.0 Å². The van der Waals surface area contributed by atoms with Crippen LogP contribution in [0.15, 0.2) is 16.7 Å². The van der Waals surface area contributed by atoms with E-state index in [-0.39, 0.29) is 23.9 Å². The van der Waals surface area contributed by atoms with Gasteiger partial charge in [-0.25, -0.2) is 0 Å². The van der Waals surface area contributed by atoms with E-state index in [0.29, 0.717) is 5.76 Å². The smallest absolute Gasteiger partial charge is 0.290 e. The van der Waals surface area contributed by atoms with Crippen LogP contribution in [0.4, 0.5) is 0 Å². The van der Waals surface area contributed by atoms with Gasteiger partial charge >= 0.3 is 0 Å². The molecule has 3 aliphatic rings. The number of likely N-dealkylation sites (N-methyl/N-ethyl adjacent to an activating group) is 1. The predicted molar refractivity (Wildman–Crippen MR) is 102 cm³/mol.